The van der Waals surface area contributed by atoms with Crippen LogP contribution in [0.3, 0.4) is 0 Å². The Balaban J connectivity index is 2.29. The highest BCUT2D eigenvalue weighted by Crippen LogP contribution is 2.38. The first-order valence-corrected chi connectivity index (χ1v) is 6.68. The molecule has 0 aromatic heterocycles. The number of ether oxygens (including phenoxy) is 2. The second kappa shape index (κ2) is 5.81. The largest absolute Gasteiger partial charge is 0.493 e. The van der Waals surface area contributed by atoms with E-state index in [-0.39, 0.29) is 18.6 Å². The Morgan fingerprint density at radius 2 is 2.11 bits per heavy atom. The standard InChI is InChI=1S/C14H19ClO3/c1-9(8-16)11-6-14(18-10-4-3-5-10)13(17-2)7-12(11)15/h6-7,9-10,16H,3-5,8H2,1-2H3. The first-order chi connectivity index (χ1) is 8.65. The van der Waals surface area contributed by atoms with E-state index in [1.165, 1.54) is 6.42 Å². The average Bonchev–Trinajstić information content (AvgIpc) is 2.33. The van der Waals surface area contributed by atoms with Gasteiger partial charge in [-0.3, -0.25) is 0 Å². The number of hydrogen-bond acceptors (Lipinski definition) is 3. The molecule has 1 aliphatic carbocycles. The number of aliphatic hydroxyl groups excluding tert-OH is 1. The molecule has 1 aromatic rings. The molecule has 1 unspecified atom stereocenters. The lowest BCUT2D eigenvalue weighted by Crippen LogP contribution is -2.24. The fraction of sp³-hybridized carbons (Fsp3) is 0.571. The molecule has 0 spiro atoms. The van der Waals surface area contributed by atoms with Gasteiger partial charge in [0, 0.05) is 23.6 Å². The van der Waals surface area contributed by atoms with Crippen LogP contribution in [0.4, 0.5) is 0 Å². The van der Waals surface area contributed by atoms with Crippen LogP contribution in [0.15, 0.2) is 12.1 Å². The minimum absolute atomic E-state index is 0.00727. The van der Waals surface area contributed by atoms with Crippen LogP contribution in [0.2, 0.25) is 5.02 Å². The van der Waals surface area contributed by atoms with Crippen LogP contribution in [0.1, 0.15) is 37.7 Å². The van der Waals surface area contributed by atoms with E-state index >= 15 is 0 Å². The molecule has 0 heterocycles. The second-order valence-corrected chi connectivity index (χ2v) is 5.19. The molecule has 1 aliphatic rings. The lowest BCUT2D eigenvalue weighted by Gasteiger charge is -2.28. The molecule has 1 saturated carbocycles. The molecule has 1 fully saturated rings. The number of halogens is 1. The highest BCUT2D eigenvalue weighted by Gasteiger charge is 2.22. The number of benzene rings is 1. The van der Waals surface area contributed by atoms with Crippen molar-refractivity contribution in [2.24, 2.45) is 0 Å². The zero-order valence-electron chi connectivity index (χ0n) is 10.8. The molecule has 4 heteroatoms. The van der Waals surface area contributed by atoms with Gasteiger partial charge >= 0.3 is 0 Å². The molecule has 1 aromatic carbocycles. The average molecular weight is 271 g/mol. The lowest BCUT2D eigenvalue weighted by molar-refractivity contribution is 0.116. The topological polar surface area (TPSA) is 38.7 Å². The third kappa shape index (κ3) is 2.73. The van der Waals surface area contributed by atoms with Gasteiger partial charge in [0.2, 0.25) is 0 Å². The fourth-order valence-electron chi connectivity index (χ4n) is 1.95. The van der Waals surface area contributed by atoms with Gasteiger partial charge < -0.3 is 14.6 Å². The molecule has 100 valence electrons. The smallest absolute Gasteiger partial charge is 0.162 e. The highest BCUT2D eigenvalue weighted by atomic mass is 35.5. The van der Waals surface area contributed by atoms with Crippen molar-refractivity contribution < 1.29 is 14.6 Å². The molecule has 0 radical (unpaired) electrons. The number of hydrogen-bond donors (Lipinski definition) is 1. The Morgan fingerprint density at radius 3 is 2.61 bits per heavy atom. The molecular weight excluding hydrogens is 252 g/mol. The lowest BCUT2D eigenvalue weighted by atomic mass is 9.96. The van der Waals surface area contributed by atoms with Crippen molar-refractivity contribution in [3.05, 3.63) is 22.7 Å². The summed E-state index contributed by atoms with van der Waals surface area (Å²) in [5, 5.41) is 9.84. The van der Waals surface area contributed by atoms with E-state index in [2.05, 4.69) is 0 Å². The summed E-state index contributed by atoms with van der Waals surface area (Å²) in [6.45, 7) is 2.00. The Morgan fingerprint density at radius 1 is 1.39 bits per heavy atom. The zero-order chi connectivity index (χ0) is 13.1. The normalized spacial score (nSPS) is 17.1. The van der Waals surface area contributed by atoms with Gasteiger partial charge in [0.15, 0.2) is 11.5 Å². The predicted octanol–water partition coefficient (Wildman–Crippen LogP) is 3.38. The highest BCUT2D eigenvalue weighted by molar-refractivity contribution is 6.31. The summed E-state index contributed by atoms with van der Waals surface area (Å²) in [7, 11) is 1.61. The van der Waals surface area contributed by atoms with Gasteiger partial charge in [0.05, 0.1) is 13.2 Å². The minimum atomic E-state index is -0.00727. The SMILES string of the molecule is COc1cc(Cl)c(C(C)CO)cc1OC1CCC1. The third-order valence-corrected chi connectivity index (χ3v) is 3.76. The first-order valence-electron chi connectivity index (χ1n) is 6.30. The van der Waals surface area contributed by atoms with Crippen molar-refractivity contribution in [1.29, 1.82) is 0 Å². The molecule has 0 bridgehead atoms. The molecule has 18 heavy (non-hydrogen) atoms. The van der Waals surface area contributed by atoms with E-state index < -0.39 is 0 Å². The summed E-state index contributed by atoms with van der Waals surface area (Å²) in [5.41, 5.74) is 0.897. The second-order valence-electron chi connectivity index (χ2n) is 4.78. The van der Waals surface area contributed by atoms with Crippen molar-refractivity contribution >= 4 is 11.6 Å². The molecule has 0 amide bonds. The summed E-state index contributed by atoms with van der Waals surface area (Å²) in [6, 6.07) is 3.65. The van der Waals surface area contributed by atoms with E-state index in [4.69, 9.17) is 21.1 Å². The van der Waals surface area contributed by atoms with E-state index in [9.17, 15) is 5.11 Å². The van der Waals surface area contributed by atoms with E-state index in [0.717, 1.165) is 24.2 Å². The van der Waals surface area contributed by atoms with Crippen LogP contribution in [0.25, 0.3) is 0 Å². The van der Waals surface area contributed by atoms with E-state index in [1.54, 1.807) is 13.2 Å². The van der Waals surface area contributed by atoms with Crippen molar-refractivity contribution in [2.45, 2.75) is 38.2 Å². The maximum Gasteiger partial charge on any atom is 0.162 e. The minimum Gasteiger partial charge on any atom is -0.493 e. The van der Waals surface area contributed by atoms with Crippen molar-refractivity contribution in [3.63, 3.8) is 0 Å². The third-order valence-electron chi connectivity index (χ3n) is 3.43. The van der Waals surface area contributed by atoms with Gasteiger partial charge in [0.25, 0.3) is 0 Å². The van der Waals surface area contributed by atoms with Crippen LogP contribution >= 0.6 is 11.6 Å². The Labute approximate surface area is 113 Å². The van der Waals surface area contributed by atoms with Gasteiger partial charge in [-0.15, -0.1) is 0 Å². The van der Waals surface area contributed by atoms with Gasteiger partial charge in [-0.25, -0.2) is 0 Å². The molecule has 3 nitrogen and oxygen atoms in total. The molecule has 1 N–H and O–H groups in total. The van der Waals surface area contributed by atoms with Crippen molar-refractivity contribution in [1.82, 2.24) is 0 Å². The van der Waals surface area contributed by atoms with Crippen LogP contribution in [0, 0.1) is 0 Å². The summed E-state index contributed by atoms with van der Waals surface area (Å²) in [6.07, 6.45) is 3.70. The van der Waals surface area contributed by atoms with Crippen LogP contribution < -0.4 is 9.47 Å². The molecule has 2 rings (SSSR count). The summed E-state index contributed by atoms with van der Waals surface area (Å²) in [4.78, 5) is 0. The summed E-state index contributed by atoms with van der Waals surface area (Å²) < 4.78 is 11.2. The molecule has 1 atom stereocenters. The van der Waals surface area contributed by atoms with E-state index in [1.807, 2.05) is 13.0 Å². The summed E-state index contributed by atoms with van der Waals surface area (Å²) in [5.74, 6) is 1.37. The maximum absolute atomic E-state index is 9.24. The van der Waals surface area contributed by atoms with Gasteiger partial charge in [-0.2, -0.15) is 0 Å². The van der Waals surface area contributed by atoms with Crippen LogP contribution in [-0.4, -0.2) is 24.9 Å². The fourth-order valence-corrected chi connectivity index (χ4v) is 2.29. The maximum atomic E-state index is 9.24. The number of aliphatic hydroxyl groups is 1. The number of rotatable bonds is 5. The number of methoxy groups -OCH3 is 1. The zero-order valence-corrected chi connectivity index (χ0v) is 11.5. The predicted molar refractivity (Wildman–Crippen MR) is 71.8 cm³/mol. The summed E-state index contributed by atoms with van der Waals surface area (Å²) >= 11 is 6.19. The van der Waals surface area contributed by atoms with Crippen molar-refractivity contribution in [2.75, 3.05) is 13.7 Å². The van der Waals surface area contributed by atoms with Crippen molar-refractivity contribution in [3.8, 4) is 11.5 Å². The Kier molecular flexibility index (Phi) is 4.36. The molecule has 0 aliphatic heterocycles. The van der Waals surface area contributed by atoms with Gasteiger partial charge in [0.1, 0.15) is 0 Å². The van der Waals surface area contributed by atoms with Gasteiger partial charge in [-0.1, -0.05) is 18.5 Å². The monoisotopic (exact) mass is 270 g/mol. The molecular formula is C14H19ClO3. The van der Waals surface area contributed by atoms with Gasteiger partial charge in [-0.05, 0) is 30.9 Å². The van der Waals surface area contributed by atoms with E-state index in [0.29, 0.717) is 10.8 Å². The quantitative estimate of drug-likeness (QED) is 0.891. The Bertz CT molecular complexity index is 416. The first kappa shape index (κ1) is 13.5. The Hall–Kier alpha value is -0.930. The van der Waals surface area contributed by atoms with Crippen LogP contribution in [0.5, 0.6) is 11.5 Å². The molecule has 0 saturated heterocycles. The van der Waals surface area contributed by atoms with Crippen LogP contribution in [-0.2, 0) is 0 Å².